The van der Waals surface area contributed by atoms with Gasteiger partial charge in [0.1, 0.15) is 6.10 Å². The van der Waals surface area contributed by atoms with Crippen LogP contribution in [0.25, 0.3) is 11.1 Å². The van der Waals surface area contributed by atoms with E-state index < -0.39 is 0 Å². The lowest BCUT2D eigenvalue weighted by molar-refractivity contribution is -0.0956. The van der Waals surface area contributed by atoms with Crippen LogP contribution in [0.2, 0.25) is 0 Å². The molecular formula is C38H38N2O4. The zero-order chi connectivity index (χ0) is 30.3. The van der Waals surface area contributed by atoms with E-state index in [2.05, 4.69) is 61.7 Å². The van der Waals surface area contributed by atoms with Crippen molar-refractivity contribution in [1.82, 2.24) is 5.32 Å². The highest BCUT2D eigenvalue weighted by Crippen LogP contribution is 2.48. The fourth-order valence-corrected chi connectivity index (χ4v) is 7.72. The lowest BCUT2D eigenvalue weighted by Gasteiger charge is -2.42. The number of ether oxygens (including phenoxy) is 2. The van der Waals surface area contributed by atoms with Crippen LogP contribution in [0.4, 0.5) is 5.69 Å². The number of fused-ring (bicyclic) bond motifs is 3. The number of aryl methyl sites for hydroxylation is 1. The minimum atomic E-state index is -0.346. The maximum atomic E-state index is 14.0. The van der Waals surface area contributed by atoms with E-state index in [1.807, 2.05) is 43.3 Å². The molecule has 0 radical (unpaired) electrons. The Morgan fingerprint density at radius 2 is 1.89 bits per heavy atom. The molecule has 3 aromatic rings. The second-order valence-electron chi connectivity index (χ2n) is 13.2. The predicted molar refractivity (Wildman–Crippen MR) is 172 cm³/mol. The fraction of sp³-hybridized carbons (Fsp3) is 0.368. The summed E-state index contributed by atoms with van der Waals surface area (Å²) in [5.41, 5.74) is 11.2. The number of epoxide rings is 1. The fourth-order valence-electron chi connectivity index (χ4n) is 7.72. The summed E-state index contributed by atoms with van der Waals surface area (Å²) in [7, 11) is 0. The molecule has 6 heteroatoms. The molecule has 224 valence electrons. The maximum absolute atomic E-state index is 14.0. The van der Waals surface area contributed by atoms with Crippen LogP contribution in [0, 0.1) is 6.92 Å². The van der Waals surface area contributed by atoms with Crippen molar-refractivity contribution in [2.24, 2.45) is 0 Å². The van der Waals surface area contributed by atoms with Gasteiger partial charge < -0.3 is 20.1 Å². The van der Waals surface area contributed by atoms with Crippen molar-refractivity contribution in [3.63, 3.8) is 0 Å². The maximum Gasteiger partial charge on any atom is 0.196 e. The van der Waals surface area contributed by atoms with Crippen LogP contribution in [-0.2, 0) is 15.9 Å². The summed E-state index contributed by atoms with van der Waals surface area (Å²) < 4.78 is 11.9. The van der Waals surface area contributed by atoms with E-state index in [9.17, 15) is 9.59 Å². The van der Waals surface area contributed by atoms with Gasteiger partial charge in [-0.2, -0.15) is 0 Å². The van der Waals surface area contributed by atoms with Crippen molar-refractivity contribution in [3.8, 4) is 0 Å². The lowest BCUT2D eigenvalue weighted by atomic mass is 9.79. The number of anilines is 1. The van der Waals surface area contributed by atoms with Crippen molar-refractivity contribution < 1.29 is 19.1 Å². The Morgan fingerprint density at radius 3 is 2.66 bits per heavy atom. The molecule has 44 heavy (non-hydrogen) atoms. The third kappa shape index (κ3) is 4.50. The normalized spacial score (nSPS) is 29.6. The smallest absolute Gasteiger partial charge is 0.196 e. The van der Waals surface area contributed by atoms with Crippen molar-refractivity contribution in [2.75, 3.05) is 11.9 Å². The van der Waals surface area contributed by atoms with E-state index in [1.54, 1.807) is 0 Å². The molecule has 6 aliphatic rings. The number of carbonyl (C=O) groups is 2. The summed E-state index contributed by atoms with van der Waals surface area (Å²) in [6.07, 6.45) is 6.49. The molecule has 2 bridgehead atoms. The van der Waals surface area contributed by atoms with Gasteiger partial charge in [-0.3, -0.25) is 9.59 Å². The Morgan fingerprint density at radius 1 is 1.09 bits per heavy atom. The van der Waals surface area contributed by atoms with Crippen molar-refractivity contribution in [3.05, 3.63) is 111 Å². The predicted octanol–water partition coefficient (Wildman–Crippen LogP) is 6.94. The van der Waals surface area contributed by atoms with Gasteiger partial charge in [0.05, 0.1) is 24.4 Å². The molecule has 3 fully saturated rings. The molecule has 6 atom stereocenters. The first-order valence-corrected chi connectivity index (χ1v) is 15.9. The van der Waals surface area contributed by atoms with Gasteiger partial charge in [0.25, 0.3) is 0 Å². The summed E-state index contributed by atoms with van der Waals surface area (Å²) in [5, 5.41) is 7.28. The second-order valence-corrected chi connectivity index (χ2v) is 13.2. The highest BCUT2D eigenvalue weighted by molar-refractivity contribution is 6.11. The molecule has 3 saturated heterocycles. The van der Waals surface area contributed by atoms with Crippen LogP contribution in [0.15, 0.2) is 66.7 Å². The highest BCUT2D eigenvalue weighted by Gasteiger charge is 2.51. The van der Waals surface area contributed by atoms with E-state index in [-0.39, 0.29) is 41.5 Å². The first kappa shape index (κ1) is 27.7. The number of ketones is 2. The molecule has 0 saturated carbocycles. The molecule has 4 aliphatic heterocycles. The van der Waals surface area contributed by atoms with Crippen LogP contribution in [0.5, 0.6) is 0 Å². The minimum absolute atomic E-state index is 0.0000593. The molecule has 2 N–H and O–H groups in total. The third-order valence-electron chi connectivity index (χ3n) is 10.3. The molecule has 3 aromatic carbocycles. The van der Waals surface area contributed by atoms with Gasteiger partial charge in [0, 0.05) is 35.3 Å². The van der Waals surface area contributed by atoms with Crippen LogP contribution in [0.3, 0.4) is 0 Å². The molecule has 6 nitrogen and oxygen atoms in total. The van der Waals surface area contributed by atoms with Crippen LogP contribution >= 0.6 is 0 Å². The van der Waals surface area contributed by atoms with E-state index in [1.165, 1.54) is 16.7 Å². The van der Waals surface area contributed by atoms with E-state index in [0.717, 1.165) is 52.8 Å². The summed E-state index contributed by atoms with van der Waals surface area (Å²) in [6.45, 7) is 9.05. The number of hydrogen-bond acceptors (Lipinski definition) is 6. The molecular weight excluding hydrogens is 548 g/mol. The average molecular weight is 587 g/mol. The van der Waals surface area contributed by atoms with Gasteiger partial charge in [-0.1, -0.05) is 55.0 Å². The molecule has 5 unspecified atom stereocenters. The van der Waals surface area contributed by atoms with Gasteiger partial charge in [-0.15, -0.1) is 0 Å². The van der Waals surface area contributed by atoms with E-state index in [4.69, 9.17) is 9.47 Å². The molecule has 9 rings (SSSR count). The second kappa shape index (κ2) is 10.1. The first-order chi connectivity index (χ1) is 21.2. The Labute approximate surface area is 258 Å². The quantitative estimate of drug-likeness (QED) is 0.230. The molecule has 2 aliphatic carbocycles. The summed E-state index contributed by atoms with van der Waals surface area (Å²) >= 11 is 0. The van der Waals surface area contributed by atoms with Crippen LogP contribution in [-0.4, -0.2) is 42.0 Å². The van der Waals surface area contributed by atoms with Gasteiger partial charge >= 0.3 is 0 Å². The topological polar surface area (TPSA) is 89.9 Å². The average Bonchev–Trinajstić information content (AvgIpc) is 3.91. The molecule has 0 spiro atoms. The number of nitrogens with one attached hydrogen (secondary N) is 2. The highest BCUT2D eigenvalue weighted by atomic mass is 16.6. The Hall–Kier alpha value is -3.84. The number of Topliss-reactive ketones (excluding diaryl/α,β-unsaturated/α-hetero) is 1. The van der Waals surface area contributed by atoms with E-state index in [0.29, 0.717) is 23.8 Å². The van der Waals surface area contributed by atoms with Crippen molar-refractivity contribution in [1.29, 1.82) is 0 Å². The number of allylic oxidation sites excluding steroid dienone is 2. The minimum Gasteiger partial charge on any atom is -0.378 e. The summed E-state index contributed by atoms with van der Waals surface area (Å²) in [4.78, 5) is 26.9. The van der Waals surface area contributed by atoms with Gasteiger partial charge in [-0.25, -0.2) is 0 Å². The molecule has 0 aromatic heterocycles. The van der Waals surface area contributed by atoms with E-state index >= 15 is 0 Å². The lowest BCUT2D eigenvalue weighted by Crippen LogP contribution is -2.36. The molecule has 0 amide bonds. The number of para-hydroxylation sites is 1. The SMILES string of the molecule is CCC12C=C(C)c3ccc(/C4=C/C(=O)c5cc(C)cc(C(C)Nc6ccccc6C(=O)C6CO6)c5[C@@H]5CC4O5)cc3CC1N2. The number of hydrogen-bond donors (Lipinski definition) is 2. The van der Waals surface area contributed by atoms with Crippen LogP contribution < -0.4 is 10.6 Å². The van der Waals surface area contributed by atoms with Crippen molar-refractivity contribution in [2.45, 2.75) is 82.9 Å². The first-order valence-electron chi connectivity index (χ1n) is 15.9. The Kier molecular flexibility index (Phi) is 6.35. The monoisotopic (exact) mass is 586 g/mol. The number of benzene rings is 3. The number of carbonyl (C=O) groups excluding carboxylic acids is 2. The van der Waals surface area contributed by atoms with Gasteiger partial charge in [0.2, 0.25) is 0 Å². The Balaban J connectivity index is 1.13. The standard InChI is InChI=1S/C38H38N2O4/c1-5-38-18-21(3)25-11-10-23(14-24(25)15-35(38)40-38)28-16-31(41)29-13-20(2)12-27(36(29)33-17-32(28)44-33)22(4)39-30-9-7-6-8-26(30)37(42)34-19-43-34/h6-14,16,18,22,32-35,39-40H,5,15,17,19H2,1-4H3/b28-16-/t22?,32?,33-,34?,35?,38?/m0/s1. The third-order valence-corrected chi connectivity index (χ3v) is 10.3. The summed E-state index contributed by atoms with van der Waals surface area (Å²) in [6, 6.07) is 18.7. The summed E-state index contributed by atoms with van der Waals surface area (Å²) in [5.74, 6) is 0.0198. The zero-order valence-corrected chi connectivity index (χ0v) is 25.7. The number of rotatable bonds is 7. The zero-order valence-electron chi connectivity index (χ0n) is 25.7. The molecule has 4 heterocycles. The van der Waals surface area contributed by atoms with Gasteiger partial charge in [-0.05, 0) is 96.9 Å². The van der Waals surface area contributed by atoms with Crippen molar-refractivity contribution >= 4 is 28.4 Å². The van der Waals surface area contributed by atoms with Gasteiger partial charge in [0.15, 0.2) is 11.6 Å². The van der Waals surface area contributed by atoms with Crippen LogP contribution in [0.1, 0.15) is 99.9 Å². The Bertz CT molecular complexity index is 1790. The largest absolute Gasteiger partial charge is 0.378 e.